The van der Waals surface area contributed by atoms with E-state index in [0.29, 0.717) is 37.5 Å². The maximum atomic E-state index is 12.7. The Labute approximate surface area is 156 Å². The van der Waals surface area contributed by atoms with Crippen LogP contribution < -0.4 is 11.0 Å². The van der Waals surface area contributed by atoms with Gasteiger partial charge in [-0.3, -0.25) is 9.36 Å². The number of carbonyl (C=O) groups is 1. The first-order chi connectivity index (χ1) is 13.2. The number of hydrogen-bond acceptors (Lipinski definition) is 4. The van der Waals surface area contributed by atoms with Gasteiger partial charge in [0.15, 0.2) is 5.76 Å². The molecule has 1 aromatic carbocycles. The predicted molar refractivity (Wildman–Crippen MR) is 100 cm³/mol. The molecule has 1 amide bonds. The molecule has 1 saturated carbocycles. The highest BCUT2D eigenvalue weighted by molar-refractivity contribution is 5.76. The molecular weight excluding hydrogens is 344 g/mol. The summed E-state index contributed by atoms with van der Waals surface area (Å²) in [5.74, 6) is 1.12. The van der Waals surface area contributed by atoms with Gasteiger partial charge in [0.05, 0.1) is 12.8 Å². The van der Waals surface area contributed by atoms with Crippen LogP contribution in [0.5, 0.6) is 0 Å². The molecule has 2 heterocycles. The highest BCUT2D eigenvalue weighted by Gasteiger charge is 2.31. The van der Waals surface area contributed by atoms with E-state index in [1.807, 2.05) is 30.3 Å². The zero-order valence-corrected chi connectivity index (χ0v) is 15.0. The number of nitrogens with one attached hydrogen (secondary N) is 1. The van der Waals surface area contributed by atoms with Gasteiger partial charge in [-0.05, 0) is 37.0 Å². The number of hydrogen-bond donors (Lipinski definition) is 1. The predicted octanol–water partition coefficient (Wildman–Crippen LogP) is 2.39. The van der Waals surface area contributed by atoms with Gasteiger partial charge in [-0.15, -0.1) is 5.10 Å². The van der Waals surface area contributed by atoms with Crippen molar-refractivity contribution in [2.24, 2.45) is 0 Å². The van der Waals surface area contributed by atoms with Crippen LogP contribution in [-0.2, 0) is 17.8 Å². The fraction of sp³-hybridized carbons (Fsp3) is 0.350. The molecule has 7 nitrogen and oxygen atoms in total. The minimum Gasteiger partial charge on any atom is -0.461 e. The van der Waals surface area contributed by atoms with E-state index in [1.54, 1.807) is 23.0 Å². The summed E-state index contributed by atoms with van der Waals surface area (Å²) >= 11 is 0. The smallest absolute Gasteiger partial charge is 0.346 e. The average Bonchev–Trinajstić information content (AvgIpc) is 3.26. The lowest BCUT2D eigenvalue weighted by Gasteiger charge is -2.05. The second-order valence-corrected chi connectivity index (χ2v) is 6.74. The number of furan rings is 1. The maximum absolute atomic E-state index is 12.7. The number of amides is 1. The van der Waals surface area contributed by atoms with E-state index in [1.165, 1.54) is 4.68 Å². The monoisotopic (exact) mass is 366 g/mol. The van der Waals surface area contributed by atoms with Crippen molar-refractivity contribution < 1.29 is 9.21 Å². The fourth-order valence-electron chi connectivity index (χ4n) is 3.09. The molecule has 1 aliphatic rings. The maximum Gasteiger partial charge on any atom is 0.346 e. The molecule has 1 fully saturated rings. The van der Waals surface area contributed by atoms with E-state index in [4.69, 9.17) is 4.42 Å². The molecule has 0 aliphatic heterocycles. The van der Waals surface area contributed by atoms with Crippen LogP contribution in [0.1, 0.15) is 30.9 Å². The quantitative estimate of drug-likeness (QED) is 0.664. The summed E-state index contributed by atoms with van der Waals surface area (Å²) in [6, 6.07) is 13.7. The summed E-state index contributed by atoms with van der Waals surface area (Å²) in [5.41, 5.74) is 0.984. The zero-order chi connectivity index (χ0) is 18.6. The third kappa shape index (κ3) is 4.02. The molecule has 0 spiro atoms. The van der Waals surface area contributed by atoms with Crippen molar-refractivity contribution in [3.63, 3.8) is 0 Å². The highest BCUT2D eigenvalue weighted by Crippen LogP contribution is 2.36. The summed E-state index contributed by atoms with van der Waals surface area (Å²) in [5, 5.41) is 7.29. The Morgan fingerprint density at radius 1 is 1.19 bits per heavy atom. The molecule has 0 radical (unpaired) electrons. The second-order valence-electron chi connectivity index (χ2n) is 6.74. The van der Waals surface area contributed by atoms with Gasteiger partial charge in [0.2, 0.25) is 11.7 Å². The first kappa shape index (κ1) is 17.3. The van der Waals surface area contributed by atoms with Gasteiger partial charge in [-0.1, -0.05) is 30.3 Å². The Morgan fingerprint density at radius 3 is 2.70 bits per heavy atom. The molecule has 27 heavy (non-hydrogen) atoms. The van der Waals surface area contributed by atoms with Crippen molar-refractivity contribution in [2.45, 2.75) is 38.3 Å². The van der Waals surface area contributed by atoms with Crippen molar-refractivity contribution >= 4 is 5.91 Å². The van der Waals surface area contributed by atoms with Crippen molar-refractivity contribution in [1.82, 2.24) is 19.7 Å². The van der Waals surface area contributed by atoms with Crippen molar-refractivity contribution in [3.05, 3.63) is 64.8 Å². The minimum absolute atomic E-state index is 0.0280. The minimum atomic E-state index is -0.151. The number of benzene rings is 1. The number of nitrogens with zero attached hydrogens (tertiary/aromatic N) is 3. The molecule has 4 rings (SSSR count). The molecular formula is C20H22N4O3. The Bertz CT molecular complexity index is 953. The summed E-state index contributed by atoms with van der Waals surface area (Å²) in [6.45, 7) is 0.705. The number of carbonyl (C=O) groups excluding carboxylic acids is 1. The zero-order valence-electron chi connectivity index (χ0n) is 15.0. The lowest BCUT2D eigenvalue weighted by atomic mass is 10.1. The normalized spacial score (nSPS) is 13.6. The fourth-order valence-corrected chi connectivity index (χ4v) is 3.09. The molecule has 0 atom stereocenters. The molecule has 0 unspecified atom stereocenters. The Balaban J connectivity index is 1.35. The summed E-state index contributed by atoms with van der Waals surface area (Å²) < 4.78 is 8.53. The number of rotatable bonds is 8. The van der Waals surface area contributed by atoms with Gasteiger partial charge >= 0.3 is 5.69 Å². The van der Waals surface area contributed by atoms with E-state index in [2.05, 4.69) is 10.4 Å². The standard InChI is InChI=1S/C20H22N4O3/c25-18(11-8-15-5-2-1-3-6-15)21-12-13-23-20(26)24(16-9-10-16)19(22-23)17-7-4-14-27-17/h1-7,14,16H,8-13H2,(H,21,25). The van der Waals surface area contributed by atoms with Gasteiger partial charge in [-0.2, -0.15) is 0 Å². The van der Waals surface area contributed by atoms with Gasteiger partial charge < -0.3 is 9.73 Å². The Morgan fingerprint density at radius 2 is 2.00 bits per heavy atom. The van der Waals surface area contributed by atoms with Crippen LogP contribution in [0.3, 0.4) is 0 Å². The van der Waals surface area contributed by atoms with Gasteiger partial charge in [0.25, 0.3) is 0 Å². The van der Waals surface area contributed by atoms with Gasteiger partial charge in [-0.25, -0.2) is 9.48 Å². The van der Waals surface area contributed by atoms with Crippen LogP contribution in [0.25, 0.3) is 11.6 Å². The topological polar surface area (TPSA) is 82.1 Å². The van der Waals surface area contributed by atoms with Crippen molar-refractivity contribution in [3.8, 4) is 11.6 Å². The van der Waals surface area contributed by atoms with Gasteiger partial charge in [0, 0.05) is 19.0 Å². The van der Waals surface area contributed by atoms with Crippen molar-refractivity contribution in [2.75, 3.05) is 6.54 Å². The molecule has 140 valence electrons. The largest absolute Gasteiger partial charge is 0.461 e. The van der Waals surface area contributed by atoms with E-state index in [-0.39, 0.29) is 17.6 Å². The van der Waals surface area contributed by atoms with Crippen LogP contribution in [0.4, 0.5) is 0 Å². The SMILES string of the molecule is O=C(CCc1ccccc1)NCCn1nc(-c2ccco2)n(C2CC2)c1=O. The number of aromatic nitrogens is 3. The van der Waals surface area contributed by atoms with Crippen LogP contribution >= 0.6 is 0 Å². The number of aryl methyl sites for hydroxylation is 1. The molecule has 2 aromatic heterocycles. The molecule has 0 saturated heterocycles. The van der Waals surface area contributed by atoms with Gasteiger partial charge in [0.1, 0.15) is 0 Å². The summed E-state index contributed by atoms with van der Waals surface area (Å²) in [6.07, 6.45) is 4.66. The third-order valence-electron chi connectivity index (χ3n) is 4.65. The first-order valence-electron chi connectivity index (χ1n) is 9.26. The summed E-state index contributed by atoms with van der Waals surface area (Å²) in [4.78, 5) is 24.7. The van der Waals surface area contributed by atoms with Crippen LogP contribution in [0.15, 0.2) is 57.9 Å². The average molecular weight is 366 g/mol. The van der Waals surface area contributed by atoms with E-state index < -0.39 is 0 Å². The molecule has 1 N–H and O–H groups in total. The van der Waals surface area contributed by atoms with Crippen molar-refractivity contribution in [1.29, 1.82) is 0 Å². The summed E-state index contributed by atoms with van der Waals surface area (Å²) in [7, 11) is 0. The molecule has 0 bridgehead atoms. The van der Waals surface area contributed by atoms with Crippen LogP contribution in [0, 0.1) is 0 Å². The molecule has 3 aromatic rings. The van der Waals surface area contributed by atoms with E-state index in [9.17, 15) is 9.59 Å². The van der Waals surface area contributed by atoms with Crippen LogP contribution in [0.2, 0.25) is 0 Å². The van der Waals surface area contributed by atoms with Crippen LogP contribution in [-0.4, -0.2) is 26.8 Å². The third-order valence-corrected chi connectivity index (χ3v) is 4.65. The lowest BCUT2D eigenvalue weighted by Crippen LogP contribution is -2.32. The molecule has 7 heteroatoms. The van der Waals surface area contributed by atoms with E-state index in [0.717, 1.165) is 18.4 Å². The Kier molecular flexibility index (Phi) is 4.91. The first-order valence-corrected chi connectivity index (χ1v) is 9.26. The Hall–Kier alpha value is -3.09. The lowest BCUT2D eigenvalue weighted by molar-refractivity contribution is -0.121. The second kappa shape index (κ2) is 7.65. The van der Waals surface area contributed by atoms with E-state index >= 15 is 0 Å². The molecule has 1 aliphatic carbocycles. The highest BCUT2D eigenvalue weighted by atomic mass is 16.3.